The molecule has 0 bridgehead atoms. The van der Waals surface area contributed by atoms with Crippen molar-refractivity contribution in [2.45, 2.75) is 6.04 Å². The van der Waals surface area contributed by atoms with Crippen molar-refractivity contribution < 1.29 is 4.80 Å². The van der Waals surface area contributed by atoms with Gasteiger partial charge in [0.25, 0.3) is 0 Å². The molecule has 0 aliphatic rings. The van der Waals surface area contributed by atoms with Crippen LogP contribution in [0.4, 0.5) is 0 Å². The molecule has 0 unspecified atom stereocenters. The highest BCUT2D eigenvalue weighted by Crippen LogP contribution is 2.25. The molecule has 3 rings (SSSR count). The first-order chi connectivity index (χ1) is 8.38. The zero-order valence-electron chi connectivity index (χ0n) is 9.35. The first-order valence-corrected chi connectivity index (χ1v) is 6.81. The van der Waals surface area contributed by atoms with Crippen LogP contribution in [0.1, 0.15) is 5.56 Å². The second-order valence-corrected chi connectivity index (χ2v) is 4.84. The van der Waals surface area contributed by atoms with E-state index in [0.717, 1.165) is 6.04 Å². The van der Waals surface area contributed by atoms with Gasteiger partial charge in [-0.2, -0.15) is 0 Å². The number of hydrogen-bond acceptors (Lipinski definition) is 1. The third-order valence-corrected chi connectivity index (χ3v) is 3.65. The third-order valence-electron chi connectivity index (χ3n) is 3.11. The normalized spacial score (nSPS) is 11.1. The molecule has 0 saturated carbocycles. The van der Waals surface area contributed by atoms with E-state index in [0.29, 0.717) is 0 Å². The molecule has 0 heterocycles. The van der Waals surface area contributed by atoms with Gasteiger partial charge in [-0.3, -0.25) is 0 Å². The zero-order valence-corrected chi connectivity index (χ0v) is 10.4. The van der Waals surface area contributed by atoms with E-state index in [-0.39, 0.29) is 9.76 Å². The second kappa shape index (κ2) is 4.32. The van der Waals surface area contributed by atoms with Crippen molar-refractivity contribution in [1.29, 1.82) is 0 Å². The van der Waals surface area contributed by atoms with Crippen LogP contribution in [-0.4, -0.2) is 14.6 Å². The maximum Gasteiger partial charge on any atom is 0.229 e. The van der Waals surface area contributed by atoms with Crippen LogP contribution >= 0.6 is 0 Å². The van der Waals surface area contributed by atoms with E-state index in [1.165, 1.54) is 27.1 Å². The highest BCUT2D eigenvalue weighted by Gasteiger charge is 2.02. The van der Waals surface area contributed by atoms with Crippen molar-refractivity contribution in [1.82, 2.24) is 0 Å². The lowest BCUT2D eigenvalue weighted by Crippen LogP contribution is -1.95. The fourth-order valence-corrected chi connectivity index (χ4v) is 2.75. The summed E-state index contributed by atoms with van der Waals surface area (Å²) in [7, 11) is -0.0245. The average molecular weight is 236 g/mol. The summed E-state index contributed by atoms with van der Waals surface area (Å²) in [5, 5.41) is 5.03. The van der Waals surface area contributed by atoms with Crippen LogP contribution in [-0.2, 0) is 6.04 Å². The van der Waals surface area contributed by atoms with Crippen LogP contribution in [0, 0.1) is 0 Å². The van der Waals surface area contributed by atoms with Crippen molar-refractivity contribution in [3.05, 3.63) is 60.2 Å². The molecule has 0 atom stereocenters. The van der Waals surface area contributed by atoms with E-state index in [2.05, 4.69) is 54.6 Å². The second-order valence-electron chi connectivity index (χ2n) is 4.17. The first-order valence-electron chi connectivity index (χ1n) is 5.66. The van der Waals surface area contributed by atoms with E-state index >= 15 is 0 Å². The summed E-state index contributed by atoms with van der Waals surface area (Å²) in [5.74, 6) is 0. The van der Waals surface area contributed by atoms with Gasteiger partial charge in [0, 0.05) is 0 Å². The lowest BCUT2D eigenvalue weighted by atomic mass is 10.0. The van der Waals surface area contributed by atoms with Gasteiger partial charge in [0.05, 0.1) is 0 Å². The number of benzene rings is 3. The minimum atomic E-state index is -0.0245. The predicted molar refractivity (Wildman–Crippen MR) is 73.1 cm³/mol. The Bertz CT molecular complexity index is 676. The molecule has 0 aliphatic carbocycles. The fraction of sp³-hybridized carbons (Fsp3) is 0.0667. The summed E-state index contributed by atoms with van der Waals surface area (Å²) in [5.41, 5.74) is 1.23. The fourth-order valence-electron chi connectivity index (χ4n) is 2.27. The van der Waals surface area contributed by atoms with Crippen LogP contribution in [0.15, 0.2) is 54.6 Å². The van der Waals surface area contributed by atoms with Gasteiger partial charge in [0.2, 0.25) is 9.76 Å². The van der Waals surface area contributed by atoms with Gasteiger partial charge in [0.15, 0.2) is 0 Å². The molecular weight excluding hydrogens is 224 g/mol. The molecule has 0 fully saturated rings. The van der Waals surface area contributed by atoms with Crippen LogP contribution in [0.25, 0.3) is 21.5 Å². The predicted octanol–water partition coefficient (Wildman–Crippen LogP) is 3.10. The Balaban J connectivity index is 2.35. The molecule has 1 N–H and O–H groups in total. The standard InChI is InChI=1S/C15H12OSi/c16-17-10-14-7-3-6-13-8-11-4-1-2-5-12(11)9-15(13)14/h1-9,16H,10H2. The van der Waals surface area contributed by atoms with Crippen LogP contribution in [0.5, 0.6) is 0 Å². The molecule has 0 amide bonds. The largest absolute Gasteiger partial charge is 0.431 e. The Labute approximate surface area is 103 Å². The van der Waals surface area contributed by atoms with Crippen molar-refractivity contribution in [2.24, 2.45) is 0 Å². The molecular formula is C15H12OSi. The van der Waals surface area contributed by atoms with Crippen LogP contribution in [0.2, 0.25) is 0 Å². The van der Waals surface area contributed by atoms with Crippen molar-refractivity contribution in [3.63, 3.8) is 0 Å². The lowest BCUT2D eigenvalue weighted by Gasteiger charge is -2.06. The maximum atomic E-state index is 9.12. The van der Waals surface area contributed by atoms with E-state index in [9.17, 15) is 0 Å². The van der Waals surface area contributed by atoms with E-state index in [1.54, 1.807) is 0 Å². The van der Waals surface area contributed by atoms with Crippen LogP contribution < -0.4 is 0 Å². The highest BCUT2D eigenvalue weighted by molar-refractivity contribution is 6.25. The molecule has 0 aromatic heterocycles. The third kappa shape index (κ3) is 1.86. The first kappa shape index (κ1) is 10.5. The van der Waals surface area contributed by atoms with Gasteiger partial charge in [-0.05, 0) is 45.3 Å². The number of rotatable bonds is 2. The molecule has 17 heavy (non-hydrogen) atoms. The Kier molecular flexibility index (Phi) is 2.67. The Morgan fingerprint density at radius 2 is 1.53 bits per heavy atom. The SMILES string of the molecule is O[Si]Cc1cccc2cc3ccccc3cc12. The maximum absolute atomic E-state index is 9.12. The highest BCUT2D eigenvalue weighted by atomic mass is 28.2. The molecule has 1 nitrogen and oxygen atoms in total. The Morgan fingerprint density at radius 3 is 2.29 bits per heavy atom. The zero-order chi connectivity index (χ0) is 11.7. The Hall–Kier alpha value is -1.64. The quantitative estimate of drug-likeness (QED) is 0.535. The molecule has 2 radical (unpaired) electrons. The Morgan fingerprint density at radius 1 is 0.824 bits per heavy atom. The summed E-state index contributed by atoms with van der Waals surface area (Å²) in [6.07, 6.45) is 0. The molecule has 3 aromatic carbocycles. The van der Waals surface area contributed by atoms with Gasteiger partial charge in [-0.15, -0.1) is 0 Å². The molecule has 0 aliphatic heterocycles. The monoisotopic (exact) mass is 236 g/mol. The topological polar surface area (TPSA) is 20.2 Å². The van der Waals surface area contributed by atoms with E-state index < -0.39 is 0 Å². The minimum Gasteiger partial charge on any atom is -0.431 e. The van der Waals surface area contributed by atoms with E-state index in [1.807, 2.05) is 0 Å². The molecule has 0 saturated heterocycles. The molecule has 3 aromatic rings. The van der Waals surface area contributed by atoms with Crippen molar-refractivity contribution in [3.8, 4) is 0 Å². The van der Waals surface area contributed by atoms with Crippen LogP contribution in [0.3, 0.4) is 0 Å². The molecule has 0 spiro atoms. The smallest absolute Gasteiger partial charge is 0.229 e. The van der Waals surface area contributed by atoms with Crippen molar-refractivity contribution >= 4 is 31.3 Å². The van der Waals surface area contributed by atoms with E-state index in [4.69, 9.17) is 4.80 Å². The summed E-state index contributed by atoms with van der Waals surface area (Å²) in [4.78, 5) is 9.12. The van der Waals surface area contributed by atoms with Gasteiger partial charge in [-0.25, -0.2) is 0 Å². The van der Waals surface area contributed by atoms with Gasteiger partial charge in [0.1, 0.15) is 0 Å². The molecule has 82 valence electrons. The van der Waals surface area contributed by atoms with Crippen molar-refractivity contribution in [2.75, 3.05) is 0 Å². The summed E-state index contributed by atoms with van der Waals surface area (Å²) < 4.78 is 0. The summed E-state index contributed by atoms with van der Waals surface area (Å²) in [6.45, 7) is 0. The van der Waals surface area contributed by atoms with Gasteiger partial charge >= 0.3 is 0 Å². The average Bonchev–Trinajstić information content (AvgIpc) is 2.37. The number of fused-ring (bicyclic) bond motifs is 2. The lowest BCUT2D eigenvalue weighted by molar-refractivity contribution is 0.601. The molecule has 2 heteroatoms. The van der Waals surface area contributed by atoms with Gasteiger partial charge in [-0.1, -0.05) is 42.5 Å². The number of hydrogen-bond donors (Lipinski definition) is 1. The summed E-state index contributed by atoms with van der Waals surface area (Å²) in [6, 6.07) is 19.9. The van der Waals surface area contributed by atoms with Gasteiger partial charge < -0.3 is 4.80 Å². The summed E-state index contributed by atoms with van der Waals surface area (Å²) >= 11 is 0. The minimum absolute atomic E-state index is 0.0245.